The zero-order chi connectivity index (χ0) is 17.6. The van der Waals surface area contributed by atoms with Crippen LogP contribution >= 0.6 is 0 Å². The Morgan fingerprint density at radius 1 is 0.880 bits per heavy atom. The lowest BCUT2D eigenvalue weighted by molar-refractivity contribution is 0.0250. The van der Waals surface area contributed by atoms with Crippen molar-refractivity contribution in [3.05, 3.63) is 94.8 Å². The van der Waals surface area contributed by atoms with Crippen LogP contribution in [0.15, 0.2) is 66.7 Å². The van der Waals surface area contributed by atoms with Crippen LogP contribution < -0.4 is 0 Å². The number of hydrogen-bond donors (Lipinski definition) is 2. The van der Waals surface area contributed by atoms with E-state index >= 15 is 0 Å². The second-order valence-electron chi connectivity index (χ2n) is 5.83. The average molecular weight is 336 g/mol. The molecule has 0 aromatic heterocycles. The first-order valence-electron chi connectivity index (χ1n) is 7.64. The molecule has 0 spiro atoms. The van der Waals surface area contributed by atoms with Crippen LogP contribution in [0, 0.1) is 5.82 Å². The molecular weight excluding hydrogens is 323 g/mol. The Kier molecular flexibility index (Phi) is 3.25. The zero-order valence-electron chi connectivity index (χ0n) is 12.9. The van der Waals surface area contributed by atoms with Crippen LogP contribution in [0.25, 0.3) is 0 Å². The molecule has 25 heavy (non-hydrogen) atoms. The van der Waals surface area contributed by atoms with E-state index in [0.717, 1.165) is 6.07 Å². The first-order chi connectivity index (χ1) is 12.0. The molecule has 1 unspecified atom stereocenters. The molecule has 5 heteroatoms. The third kappa shape index (κ3) is 2.16. The highest BCUT2D eigenvalue weighted by molar-refractivity contribution is 5.96. The van der Waals surface area contributed by atoms with Gasteiger partial charge in [-0.25, -0.2) is 9.18 Å². The van der Waals surface area contributed by atoms with Gasteiger partial charge in [-0.15, -0.1) is 0 Å². The minimum atomic E-state index is -1.35. The Balaban J connectivity index is 2.05. The van der Waals surface area contributed by atoms with Crippen LogP contribution in [0.5, 0.6) is 11.5 Å². The van der Waals surface area contributed by atoms with E-state index in [9.17, 15) is 19.4 Å². The zero-order valence-corrected chi connectivity index (χ0v) is 12.9. The lowest BCUT2D eigenvalue weighted by Gasteiger charge is -2.30. The minimum absolute atomic E-state index is 0.0633. The van der Waals surface area contributed by atoms with Crippen molar-refractivity contribution in [2.75, 3.05) is 0 Å². The molecule has 2 N–H and O–H groups in total. The topological polar surface area (TPSA) is 66.8 Å². The summed E-state index contributed by atoms with van der Waals surface area (Å²) in [5.41, 5.74) is 0.552. The number of phenolic OH excluding ortho intramolecular Hbond substituents is 2. The van der Waals surface area contributed by atoms with E-state index in [4.69, 9.17) is 4.74 Å². The normalized spacial score (nSPS) is 18.7. The van der Waals surface area contributed by atoms with Crippen molar-refractivity contribution in [1.29, 1.82) is 0 Å². The van der Waals surface area contributed by atoms with E-state index in [0.29, 0.717) is 22.3 Å². The number of hydrogen-bond acceptors (Lipinski definition) is 4. The number of benzene rings is 3. The second-order valence-corrected chi connectivity index (χ2v) is 5.83. The lowest BCUT2D eigenvalue weighted by Crippen LogP contribution is -2.29. The van der Waals surface area contributed by atoms with Gasteiger partial charge in [-0.2, -0.15) is 0 Å². The van der Waals surface area contributed by atoms with E-state index in [2.05, 4.69) is 0 Å². The van der Waals surface area contributed by atoms with Gasteiger partial charge in [0.2, 0.25) is 0 Å². The minimum Gasteiger partial charge on any atom is -0.508 e. The van der Waals surface area contributed by atoms with Crippen LogP contribution in [-0.2, 0) is 10.3 Å². The number of ether oxygens (including phenoxy) is 1. The highest BCUT2D eigenvalue weighted by Crippen LogP contribution is 2.47. The van der Waals surface area contributed by atoms with Crippen molar-refractivity contribution < 1.29 is 24.1 Å². The first kappa shape index (κ1) is 15.2. The molecule has 0 saturated heterocycles. The van der Waals surface area contributed by atoms with Gasteiger partial charge in [0, 0.05) is 16.7 Å². The summed E-state index contributed by atoms with van der Waals surface area (Å²) < 4.78 is 19.8. The van der Waals surface area contributed by atoms with Crippen molar-refractivity contribution in [3.63, 3.8) is 0 Å². The highest BCUT2D eigenvalue weighted by atomic mass is 19.1. The van der Waals surface area contributed by atoms with Crippen molar-refractivity contribution in [2.45, 2.75) is 5.60 Å². The maximum Gasteiger partial charge on any atom is 0.340 e. The molecule has 4 nitrogen and oxygen atoms in total. The van der Waals surface area contributed by atoms with Gasteiger partial charge in [0.25, 0.3) is 0 Å². The fourth-order valence-corrected chi connectivity index (χ4v) is 3.23. The molecule has 3 aromatic rings. The van der Waals surface area contributed by atoms with Crippen molar-refractivity contribution >= 4 is 5.97 Å². The fourth-order valence-electron chi connectivity index (χ4n) is 3.23. The van der Waals surface area contributed by atoms with Gasteiger partial charge in [0.15, 0.2) is 17.2 Å². The number of halogens is 1. The van der Waals surface area contributed by atoms with Crippen LogP contribution in [0.2, 0.25) is 0 Å². The predicted molar refractivity (Wildman–Crippen MR) is 87.9 cm³/mol. The van der Waals surface area contributed by atoms with Crippen molar-refractivity contribution in [2.24, 2.45) is 0 Å². The Hall–Kier alpha value is -3.34. The third-order valence-electron chi connectivity index (χ3n) is 4.40. The SMILES string of the molecule is O=C1OC(c2ccc(O)cc2)(c2ccc(O)c(F)c2)c2ccccc21. The second kappa shape index (κ2) is 5.34. The molecule has 124 valence electrons. The molecule has 1 atom stereocenters. The van der Waals surface area contributed by atoms with E-state index in [1.165, 1.54) is 24.3 Å². The van der Waals surface area contributed by atoms with Gasteiger partial charge in [-0.05, 0) is 30.3 Å². The van der Waals surface area contributed by atoms with Crippen molar-refractivity contribution in [1.82, 2.24) is 0 Å². The Labute approximate surface area is 142 Å². The van der Waals surface area contributed by atoms with Gasteiger partial charge < -0.3 is 14.9 Å². The van der Waals surface area contributed by atoms with Gasteiger partial charge in [0.05, 0.1) is 5.56 Å². The molecule has 0 bridgehead atoms. The molecule has 0 fully saturated rings. The van der Waals surface area contributed by atoms with Gasteiger partial charge in [-0.3, -0.25) is 0 Å². The fraction of sp³-hybridized carbons (Fsp3) is 0.0500. The van der Waals surface area contributed by atoms with E-state index < -0.39 is 23.1 Å². The van der Waals surface area contributed by atoms with Crippen LogP contribution in [-0.4, -0.2) is 16.2 Å². The summed E-state index contributed by atoms with van der Waals surface area (Å²) in [6.45, 7) is 0. The smallest absolute Gasteiger partial charge is 0.340 e. The molecule has 1 heterocycles. The van der Waals surface area contributed by atoms with Gasteiger partial charge in [-0.1, -0.05) is 36.4 Å². The molecule has 4 rings (SSSR count). The Morgan fingerprint density at radius 2 is 1.56 bits per heavy atom. The number of aromatic hydroxyl groups is 2. The molecule has 0 amide bonds. The number of carbonyl (C=O) groups excluding carboxylic acids is 1. The first-order valence-corrected chi connectivity index (χ1v) is 7.64. The number of fused-ring (bicyclic) bond motifs is 1. The van der Waals surface area contributed by atoms with Crippen molar-refractivity contribution in [3.8, 4) is 11.5 Å². The molecular formula is C20H13FO4. The average Bonchev–Trinajstić information content (AvgIpc) is 2.92. The van der Waals surface area contributed by atoms with Gasteiger partial charge >= 0.3 is 5.97 Å². The summed E-state index contributed by atoms with van der Waals surface area (Å²) in [6, 6.07) is 17.0. The summed E-state index contributed by atoms with van der Waals surface area (Å²) >= 11 is 0. The summed E-state index contributed by atoms with van der Waals surface area (Å²) in [7, 11) is 0. The van der Waals surface area contributed by atoms with E-state index in [1.807, 2.05) is 0 Å². The monoisotopic (exact) mass is 336 g/mol. The standard InChI is InChI=1S/C20H13FO4/c21-17-11-13(7-10-18(17)23)20(12-5-8-14(22)9-6-12)16-4-2-1-3-15(16)19(24)25-20/h1-11,22-23H. The number of rotatable bonds is 2. The highest BCUT2D eigenvalue weighted by Gasteiger charge is 2.48. The van der Waals surface area contributed by atoms with Gasteiger partial charge in [0.1, 0.15) is 5.75 Å². The Morgan fingerprint density at radius 3 is 2.28 bits per heavy atom. The summed E-state index contributed by atoms with van der Waals surface area (Å²) in [4.78, 5) is 12.4. The maximum atomic E-state index is 14.0. The molecule has 3 aromatic carbocycles. The summed E-state index contributed by atoms with van der Waals surface area (Å²) in [5, 5.41) is 19.1. The molecule has 1 aliphatic heterocycles. The Bertz CT molecular complexity index is 981. The number of cyclic esters (lactones) is 1. The quantitative estimate of drug-likeness (QED) is 0.700. The summed E-state index contributed by atoms with van der Waals surface area (Å²) in [5.74, 6) is -1.75. The third-order valence-corrected chi connectivity index (χ3v) is 4.40. The van der Waals surface area contributed by atoms with E-state index in [-0.39, 0.29) is 5.75 Å². The van der Waals surface area contributed by atoms with Crippen LogP contribution in [0.3, 0.4) is 0 Å². The number of carbonyl (C=O) groups is 1. The molecule has 0 aliphatic carbocycles. The van der Waals surface area contributed by atoms with Crippen LogP contribution in [0.4, 0.5) is 4.39 Å². The molecule has 0 radical (unpaired) electrons. The van der Waals surface area contributed by atoms with E-state index in [1.54, 1.807) is 36.4 Å². The molecule has 1 aliphatic rings. The maximum absolute atomic E-state index is 14.0. The molecule has 0 saturated carbocycles. The largest absolute Gasteiger partial charge is 0.508 e. The lowest BCUT2D eigenvalue weighted by atomic mass is 9.80. The summed E-state index contributed by atoms with van der Waals surface area (Å²) in [6.07, 6.45) is 0. The van der Waals surface area contributed by atoms with Crippen LogP contribution in [0.1, 0.15) is 27.0 Å². The number of phenols is 2. The predicted octanol–water partition coefficient (Wildman–Crippen LogP) is 3.70. The number of esters is 1.